The highest BCUT2D eigenvalue weighted by Gasteiger charge is 2.32. The number of rotatable bonds is 2. The lowest BCUT2D eigenvalue weighted by Crippen LogP contribution is -2.21. The zero-order chi connectivity index (χ0) is 21.8. The van der Waals surface area contributed by atoms with Crippen LogP contribution in [0.3, 0.4) is 0 Å². The molecule has 0 amide bonds. The molecule has 0 aliphatic carbocycles. The van der Waals surface area contributed by atoms with Gasteiger partial charge in [0, 0.05) is 33.9 Å². The Labute approximate surface area is 185 Å². The lowest BCUT2D eigenvalue weighted by molar-refractivity contribution is 0.395. The second-order valence-corrected chi connectivity index (χ2v) is 8.16. The number of ether oxygens (including phenoxy) is 1. The van der Waals surface area contributed by atoms with Crippen molar-refractivity contribution in [1.29, 1.82) is 5.26 Å². The highest BCUT2D eigenvalue weighted by atomic mass is 16.5. The smallest absolute Gasteiger partial charge is 0.205 e. The van der Waals surface area contributed by atoms with E-state index >= 15 is 0 Å². The first-order valence-corrected chi connectivity index (χ1v) is 10.8. The predicted molar refractivity (Wildman–Crippen MR) is 128 cm³/mol. The van der Waals surface area contributed by atoms with E-state index in [0.717, 1.165) is 28.4 Å². The van der Waals surface area contributed by atoms with Crippen molar-refractivity contribution < 1.29 is 4.74 Å². The van der Waals surface area contributed by atoms with Crippen LogP contribution in [0.15, 0.2) is 90.3 Å². The number of aryl methyl sites for hydroxylation is 1. The number of allylic oxidation sites excluding steroid dienone is 1. The molecule has 0 spiro atoms. The second-order valence-electron chi connectivity index (χ2n) is 8.16. The third-order valence-electron chi connectivity index (χ3n) is 6.56. The molecule has 1 atom stereocenters. The summed E-state index contributed by atoms with van der Waals surface area (Å²) in [5.41, 5.74) is 11.1. The van der Waals surface area contributed by atoms with Crippen molar-refractivity contribution in [2.75, 3.05) is 0 Å². The van der Waals surface area contributed by atoms with Crippen molar-refractivity contribution in [3.63, 3.8) is 0 Å². The molecule has 0 bridgehead atoms. The first kappa shape index (κ1) is 18.5. The lowest BCUT2D eigenvalue weighted by atomic mass is 9.81. The highest BCUT2D eigenvalue weighted by Crippen LogP contribution is 2.46. The third-order valence-corrected chi connectivity index (χ3v) is 6.56. The molecule has 1 aliphatic rings. The van der Waals surface area contributed by atoms with Gasteiger partial charge in [0.05, 0.1) is 5.92 Å². The topological polar surface area (TPSA) is 64.0 Å². The van der Waals surface area contributed by atoms with Crippen molar-refractivity contribution in [2.45, 2.75) is 19.4 Å². The van der Waals surface area contributed by atoms with Crippen LogP contribution in [-0.4, -0.2) is 4.57 Å². The van der Waals surface area contributed by atoms with Gasteiger partial charge in [0.15, 0.2) is 0 Å². The SMILES string of the molecule is CCn1c2ccccc2c2cc(C3C(C#N)=C(N)Oc4ccc5ccccc5c43)ccc21. The Hall–Kier alpha value is -4.23. The largest absolute Gasteiger partial charge is 0.440 e. The molecule has 2 heterocycles. The molecule has 1 aliphatic heterocycles. The van der Waals surface area contributed by atoms with Crippen LogP contribution in [0, 0.1) is 11.3 Å². The van der Waals surface area contributed by atoms with Crippen molar-refractivity contribution in [1.82, 2.24) is 4.57 Å². The van der Waals surface area contributed by atoms with Crippen LogP contribution in [0.2, 0.25) is 0 Å². The summed E-state index contributed by atoms with van der Waals surface area (Å²) in [7, 11) is 0. The summed E-state index contributed by atoms with van der Waals surface area (Å²) in [6.07, 6.45) is 0. The molecular formula is C28H21N3O. The minimum absolute atomic E-state index is 0.177. The van der Waals surface area contributed by atoms with Gasteiger partial charge in [-0.1, -0.05) is 54.6 Å². The maximum Gasteiger partial charge on any atom is 0.205 e. The standard InChI is InChI=1S/C28H21N3O/c1-2-31-23-10-6-5-9-20(23)21-15-18(11-13-24(21)31)26-22(16-29)28(30)32-25-14-12-17-7-3-4-8-19(17)27(25)26/h3-15,26H,2,30H2,1H3. The average Bonchev–Trinajstić information content (AvgIpc) is 3.16. The van der Waals surface area contributed by atoms with Crippen LogP contribution in [0.4, 0.5) is 0 Å². The Morgan fingerprint density at radius 2 is 1.66 bits per heavy atom. The van der Waals surface area contributed by atoms with Crippen molar-refractivity contribution in [2.24, 2.45) is 5.73 Å². The highest BCUT2D eigenvalue weighted by molar-refractivity contribution is 6.08. The summed E-state index contributed by atoms with van der Waals surface area (Å²) in [5, 5.41) is 14.6. The van der Waals surface area contributed by atoms with Gasteiger partial charge in [-0.05, 0) is 47.5 Å². The number of fused-ring (bicyclic) bond motifs is 6. The number of nitrogens with zero attached hydrogens (tertiary/aromatic N) is 2. The summed E-state index contributed by atoms with van der Waals surface area (Å²) in [6, 6.07) is 29.5. The number of nitrogens with two attached hydrogens (primary N) is 1. The normalized spacial score (nSPS) is 15.7. The van der Waals surface area contributed by atoms with E-state index in [1.807, 2.05) is 24.3 Å². The van der Waals surface area contributed by atoms with Gasteiger partial charge in [-0.2, -0.15) is 5.26 Å². The molecule has 32 heavy (non-hydrogen) atoms. The Morgan fingerprint density at radius 1 is 0.906 bits per heavy atom. The monoisotopic (exact) mass is 415 g/mol. The molecule has 5 aromatic rings. The van der Waals surface area contributed by atoms with Gasteiger partial charge in [0.1, 0.15) is 17.4 Å². The molecule has 0 radical (unpaired) electrons. The fourth-order valence-corrected chi connectivity index (χ4v) is 5.17. The van der Waals surface area contributed by atoms with E-state index in [9.17, 15) is 5.26 Å². The minimum atomic E-state index is -0.289. The number of nitriles is 1. The number of aromatic nitrogens is 1. The minimum Gasteiger partial charge on any atom is -0.440 e. The summed E-state index contributed by atoms with van der Waals surface area (Å²) in [5.74, 6) is 0.598. The molecule has 4 nitrogen and oxygen atoms in total. The van der Waals surface area contributed by atoms with E-state index in [1.165, 1.54) is 21.8 Å². The van der Waals surface area contributed by atoms with E-state index in [1.54, 1.807) is 0 Å². The molecule has 4 aromatic carbocycles. The van der Waals surface area contributed by atoms with Crippen LogP contribution >= 0.6 is 0 Å². The maximum absolute atomic E-state index is 10.0. The number of hydrogen-bond donors (Lipinski definition) is 1. The van der Waals surface area contributed by atoms with Crippen LogP contribution in [-0.2, 0) is 6.54 Å². The first-order chi connectivity index (χ1) is 15.7. The van der Waals surface area contributed by atoms with Gasteiger partial charge in [-0.3, -0.25) is 0 Å². The number of para-hydroxylation sites is 1. The van der Waals surface area contributed by atoms with Crippen LogP contribution in [0.25, 0.3) is 32.6 Å². The summed E-state index contributed by atoms with van der Waals surface area (Å²) in [4.78, 5) is 0. The fraction of sp³-hybridized carbons (Fsp3) is 0.107. The van der Waals surface area contributed by atoms with Gasteiger partial charge in [-0.25, -0.2) is 0 Å². The zero-order valence-corrected chi connectivity index (χ0v) is 17.7. The molecule has 4 heteroatoms. The van der Waals surface area contributed by atoms with Crippen molar-refractivity contribution in [3.05, 3.63) is 101 Å². The molecule has 154 valence electrons. The summed E-state index contributed by atoms with van der Waals surface area (Å²) in [6.45, 7) is 3.06. The van der Waals surface area contributed by atoms with E-state index in [-0.39, 0.29) is 11.8 Å². The molecular weight excluding hydrogens is 394 g/mol. The fourth-order valence-electron chi connectivity index (χ4n) is 5.17. The van der Waals surface area contributed by atoms with Gasteiger partial charge < -0.3 is 15.0 Å². The molecule has 1 unspecified atom stereocenters. The lowest BCUT2D eigenvalue weighted by Gasteiger charge is -2.28. The van der Waals surface area contributed by atoms with Crippen molar-refractivity contribution in [3.8, 4) is 11.8 Å². The summed E-state index contributed by atoms with van der Waals surface area (Å²) < 4.78 is 8.24. The average molecular weight is 415 g/mol. The van der Waals surface area contributed by atoms with Gasteiger partial charge in [0.2, 0.25) is 5.88 Å². The third kappa shape index (κ3) is 2.48. The summed E-state index contributed by atoms with van der Waals surface area (Å²) >= 11 is 0. The second kappa shape index (κ2) is 6.90. The zero-order valence-electron chi connectivity index (χ0n) is 17.7. The molecule has 1 aromatic heterocycles. The molecule has 2 N–H and O–H groups in total. The quantitative estimate of drug-likeness (QED) is 0.374. The van der Waals surface area contributed by atoms with Gasteiger partial charge in [0.25, 0.3) is 0 Å². The van der Waals surface area contributed by atoms with Crippen LogP contribution in [0.1, 0.15) is 24.0 Å². The maximum atomic E-state index is 10.0. The Morgan fingerprint density at radius 3 is 2.47 bits per heavy atom. The van der Waals surface area contributed by atoms with Crippen LogP contribution < -0.4 is 10.5 Å². The van der Waals surface area contributed by atoms with E-state index in [0.29, 0.717) is 11.3 Å². The van der Waals surface area contributed by atoms with E-state index in [4.69, 9.17) is 10.5 Å². The Kier molecular flexibility index (Phi) is 3.99. The number of hydrogen-bond acceptors (Lipinski definition) is 3. The first-order valence-electron chi connectivity index (χ1n) is 10.8. The van der Waals surface area contributed by atoms with Crippen molar-refractivity contribution >= 4 is 32.6 Å². The van der Waals surface area contributed by atoms with Crippen LogP contribution in [0.5, 0.6) is 5.75 Å². The van der Waals surface area contributed by atoms with E-state index in [2.05, 4.69) is 72.2 Å². The Balaban J connectivity index is 1.68. The van der Waals surface area contributed by atoms with Gasteiger partial charge in [-0.15, -0.1) is 0 Å². The molecule has 6 rings (SSSR count). The molecule has 0 fully saturated rings. The predicted octanol–water partition coefficient (Wildman–Crippen LogP) is 6.19. The molecule has 0 saturated heterocycles. The van der Waals surface area contributed by atoms with Gasteiger partial charge >= 0.3 is 0 Å². The number of benzene rings is 4. The Bertz CT molecular complexity index is 1620. The van der Waals surface area contributed by atoms with E-state index < -0.39 is 0 Å². The molecule has 0 saturated carbocycles.